The van der Waals surface area contributed by atoms with Crippen LogP contribution in [-0.4, -0.2) is 36.2 Å². The molecule has 2 saturated heterocycles. The SMILES string of the molecule is CC1(C)C[C@]2(CCO1)OC(=O)C[C@H]2C(=O)NCCc1ccccc1. The summed E-state index contributed by atoms with van der Waals surface area (Å²) in [6, 6.07) is 10.0. The van der Waals surface area contributed by atoms with Crippen molar-refractivity contribution in [1.29, 1.82) is 0 Å². The molecule has 5 nitrogen and oxygen atoms in total. The molecule has 1 aromatic carbocycles. The Balaban J connectivity index is 1.63. The van der Waals surface area contributed by atoms with Gasteiger partial charge in [0.2, 0.25) is 5.91 Å². The van der Waals surface area contributed by atoms with Crippen molar-refractivity contribution in [3.8, 4) is 0 Å². The van der Waals surface area contributed by atoms with Crippen LogP contribution in [0.4, 0.5) is 0 Å². The number of carbonyl (C=O) groups excluding carboxylic acids is 2. The summed E-state index contributed by atoms with van der Waals surface area (Å²) in [5.41, 5.74) is 0.0830. The highest BCUT2D eigenvalue weighted by atomic mass is 16.6. The summed E-state index contributed by atoms with van der Waals surface area (Å²) in [7, 11) is 0. The molecule has 5 heteroatoms. The van der Waals surface area contributed by atoms with Gasteiger partial charge < -0.3 is 14.8 Å². The van der Waals surface area contributed by atoms with Gasteiger partial charge in [-0.25, -0.2) is 0 Å². The molecule has 0 radical (unpaired) electrons. The Morgan fingerprint density at radius 1 is 1.29 bits per heavy atom. The highest BCUT2D eigenvalue weighted by molar-refractivity contribution is 5.87. The molecule has 3 rings (SSSR count). The molecule has 0 aliphatic carbocycles. The van der Waals surface area contributed by atoms with Crippen LogP contribution in [-0.2, 0) is 25.5 Å². The van der Waals surface area contributed by atoms with Gasteiger partial charge in [0.25, 0.3) is 0 Å². The summed E-state index contributed by atoms with van der Waals surface area (Å²) < 4.78 is 11.4. The first kappa shape index (κ1) is 17.0. The normalized spacial score (nSPS) is 28.6. The Kier molecular flexibility index (Phi) is 4.63. The minimum Gasteiger partial charge on any atom is -0.458 e. The van der Waals surface area contributed by atoms with E-state index in [2.05, 4.69) is 5.32 Å². The Hall–Kier alpha value is -1.88. The number of rotatable bonds is 4. The molecule has 2 aliphatic heterocycles. The van der Waals surface area contributed by atoms with Gasteiger partial charge in [-0.05, 0) is 25.8 Å². The van der Waals surface area contributed by atoms with E-state index in [0.29, 0.717) is 26.0 Å². The molecule has 1 amide bonds. The zero-order valence-electron chi connectivity index (χ0n) is 14.3. The van der Waals surface area contributed by atoms with Gasteiger partial charge in [0.05, 0.1) is 24.5 Å². The van der Waals surface area contributed by atoms with Crippen molar-refractivity contribution in [3.63, 3.8) is 0 Å². The second kappa shape index (κ2) is 6.55. The van der Waals surface area contributed by atoms with E-state index in [0.717, 1.165) is 6.42 Å². The number of carbonyl (C=O) groups is 2. The fourth-order valence-corrected chi connectivity index (χ4v) is 3.87. The molecule has 1 aromatic rings. The van der Waals surface area contributed by atoms with Crippen molar-refractivity contribution in [2.45, 2.75) is 50.7 Å². The molecular weight excluding hydrogens is 306 g/mol. The van der Waals surface area contributed by atoms with Crippen LogP contribution >= 0.6 is 0 Å². The summed E-state index contributed by atoms with van der Waals surface area (Å²) >= 11 is 0. The van der Waals surface area contributed by atoms with Gasteiger partial charge in [0.1, 0.15) is 5.60 Å². The van der Waals surface area contributed by atoms with Crippen LogP contribution in [0.1, 0.15) is 38.7 Å². The molecule has 24 heavy (non-hydrogen) atoms. The molecule has 2 heterocycles. The fraction of sp³-hybridized carbons (Fsp3) is 0.579. The molecule has 0 aromatic heterocycles. The summed E-state index contributed by atoms with van der Waals surface area (Å²) in [5.74, 6) is -0.797. The summed E-state index contributed by atoms with van der Waals surface area (Å²) in [6.07, 6.45) is 2.07. The fourth-order valence-electron chi connectivity index (χ4n) is 3.87. The van der Waals surface area contributed by atoms with Crippen LogP contribution in [0.25, 0.3) is 0 Å². The lowest BCUT2D eigenvalue weighted by Gasteiger charge is -2.43. The van der Waals surface area contributed by atoms with E-state index in [4.69, 9.17) is 9.47 Å². The van der Waals surface area contributed by atoms with Crippen molar-refractivity contribution < 1.29 is 19.1 Å². The van der Waals surface area contributed by atoms with Crippen LogP contribution in [0.15, 0.2) is 30.3 Å². The molecule has 1 spiro atoms. The highest BCUT2D eigenvalue weighted by Gasteiger charge is 2.56. The van der Waals surface area contributed by atoms with Gasteiger partial charge in [-0.2, -0.15) is 0 Å². The Bertz CT molecular complexity index is 613. The second-order valence-corrected chi connectivity index (χ2v) is 7.36. The molecule has 0 saturated carbocycles. The van der Waals surface area contributed by atoms with Crippen molar-refractivity contribution in [1.82, 2.24) is 5.32 Å². The number of ether oxygens (including phenoxy) is 2. The monoisotopic (exact) mass is 331 g/mol. The predicted octanol–water partition coefficient (Wildman–Crippen LogP) is 2.24. The van der Waals surface area contributed by atoms with Crippen LogP contribution in [0, 0.1) is 5.92 Å². The lowest BCUT2D eigenvalue weighted by Crippen LogP contribution is -2.53. The Labute approximate surface area is 142 Å². The molecule has 2 atom stereocenters. The lowest BCUT2D eigenvalue weighted by molar-refractivity contribution is -0.179. The van der Waals surface area contributed by atoms with Crippen LogP contribution in [0.3, 0.4) is 0 Å². The van der Waals surface area contributed by atoms with E-state index >= 15 is 0 Å². The summed E-state index contributed by atoms with van der Waals surface area (Å²) in [4.78, 5) is 24.6. The maximum absolute atomic E-state index is 12.7. The average molecular weight is 331 g/mol. The number of hydrogen-bond acceptors (Lipinski definition) is 4. The highest BCUT2D eigenvalue weighted by Crippen LogP contribution is 2.45. The molecule has 2 aliphatic rings. The zero-order valence-corrected chi connectivity index (χ0v) is 14.3. The standard InChI is InChI=1S/C19H25NO4/c1-18(2)13-19(9-11-23-18)15(12-16(21)24-19)17(22)20-10-8-14-6-4-3-5-7-14/h3-7,15H,8-13H2,1-2H3,(H,20,22)/t15-,19-/m0/s1. The van der Waals surface area contributed by atoms with Crippen molar-refractivity contribution in [3.05, 3.63) is 35.9 Å². The smallest absolute Gasteiger partial charge is 0.307 e. The number of hydrogen-bond donors (Lipinski definition) is 1. The van der Waals surface area contributed by atoms with E-state index in [9.17, 15) is 9.59 Å². The van der Waals surface area contributed by atoms with E-state index < -0.39 is 11.5 Å². The minimum atomic E-state index is -0.713. The second-order valence-electron chi connectivity index (χ2n) is 7.36. The summed E-state index contributed by atoms with van der Waals surface area (Å²) in [6.45, 7) is 5.02. The molecular formula is C19H25NO4. The predicted molar refractivity (Wildman–Crippen MR) is 89.4 cm³/mol. The van der Waals surface area contributed by atoms with Crippen LogP contribution in [0.5, 0.6) is 0 Å². The lowest BCUT2D eigenvalue weighted by atomic mass is 9.75. The van der Waals surface area contributed by atoms with E-state index in [-0.39, 0.29) is 23.9 Å². The van der Waals surface area contributed by atoms with E-state index in [1.54, 1.807) is 0 Å². The van der Waals surface area contributed by atoms with Crippen LogP contribution < -0.4 is 5.32 Å². The van der Waals surface area contributed by atoms with Gasteiger partial charge in [0, 0.05) is 19.4 Å². The third-order valence-corrected chi connectivity index (χ3v) is 4.94. The minimum absolute atomic E-state index is 0.0884. The van der Waals surface area contributed by atoms with Crippen molar-refractivity contribution in [2.24, 2.45) is 5.92 Å². The van der Waals surface area contributed by atoms with E-state index in [1.165, 1.54) is 5.56 Å². The molecule has 1 N–H and O–H groups in total. The quantitative estimate of drug-likeness (QED) is 0.860. The molecule has 130 valence electrons. The van der Waals surface area contributed by atoms with Gasteiger partial charge in [0.15, 0.2) is 0 Å². The van der Waals surface area contributed by atoms with E-state index in [1.807, 2.05) is 44.2 Å². The van der Waals surface area contributed by atoms with Gasteiger partial charge in [-0.1, -0.05) is 30.3 Å². The average Bonchev–Trinajstić information content (AvgIpc) is 2.82. The molecule has 0 unspecified atom stereocenters. The third-order valence-electron chi connectivity index (χ3n) is 4.94. The summed E-state index contributed by atoms with van der Waals surface area (Å²) in [5, 5.41) is 2.98. The van der Waals surface area contributed by atoms with Gasteiger partial charge in [-0.15, -0.1) is 0 Å². The maximum Gasteiger partial charge on any atom is 0.307 e. The van der Waals surface area contributed by atoms with Gasteiger partial charge >= 0.3 is 5.97 Å². The Morgan fingerprint density at radius 2 is 2.04 bits per heavy atom. The number of nitrogens with one attached hydrogen (secondary N) is 1. The number of benzene rings is 1. The Morgan fingerprint density at radius 3 is 2.75 bits per heavy atom. The first-order chi connectivity index (χ1) is 11.4. The molecule has 0 bridgehead atoms. The maximum atomic E-state index is 12.7. The van der Waals surface area contributed by atoms with Gasteiger partial charge in [-0.3, -0.25) is 9.59 Å². The molecule has 2 fully saturated rings. The van der Waals surface area contributed by atoms with Crippen molar-refractivity contribution in [2.75, 3.05) is 13.2 Å². The van der Waals surface area contributed by atoms with Crippen molar-refractivity contribution >= 4 is 11.9 Å². The third kappa shape index (κ3) is 3.61. The topological polar surface area (TPSA) is 64.6 Å². The first-order valence-corrected chi connectivity index (χ1v) is 8.58. The number of esters is 1. The number of amides is 1. The zero-order chi connectivity index (χ0) is 17.2. The van der Waals surface area contributed by atoms with Crippen LogP contribution in [0.2, 0.25) is 0 Å². The largest absolute Gasteiger partial charge is 0.458 e. The first-order valence-electron chi connectivity index (χ1n) is 8.58.